The van der Waals surface area contributed by atoms with E-state index in [2.05, 4.69) is 0 Å². The van der Waals surface area contributed by atoms with Gasteiger partial charge in [0.05, 0.1) is 18.3 Å². The lowest BCUT2D eigenvalue weighted by Crippen LogP contribution is -2.13. The summed E-state index contributed by atoms with van der Waals surface area (Å²) in [6.07, 6.45) is -0.164. The first-order chi connectivity index (χ1) is 7.54. The standard InChI is InChI=1S/C12H17NO3/c1-4-15-9-5-6-11(13)10(7-9)12(14)16-8(2)3/h5-8H,4,13H2,1-3H3. The number of nitrogen functional groups attached to an aromatic ring is 1. The third-order valence-corrected chi connectivity index (χ3v) is 1.90. The highest BCUT2D eigenvalue weighted by molar-refractivity contribution is 5.95. The summed E-state index contributed by atoms with van der Waals surface area (Å²) in [6.45, 7) is 6.01. The van der Waals surface area contributed by atoms with Gasteiger partial charge in [0.15, 0.2) is 0 Å². The Hall–Kier alpha value is -1.71. The number of ether oxygens (including phenoxy) is 2. The van der Waals surface area contributed by atoms with Gasteiger partial charge in [0.2, 0.25) is 0 Å². The van der Waals surface area contributed by atoms with Crippen LogP contribution in [0.2, 0.25) is 0 Å². The fourth-order valence-corrected chi connectivity index (χ4v) is 1.25. The van der Waals surface area contributed by atoms with Crippen molar-refractivity contribution in [3.63, 3.8) is 0 Å². The van der Waals surface area contributed by atoms with Crippen LogP contribution in [0.15, 0.2) is 18.2 Å². The first kappa shape index (κ1) is 12.4. The van der Waals surface area contributed by atoms with Crippen molar-refractivity contribution < 1.29 is 14.3 Å². The van der Waals surface area contributed by atoms with Crippen molar-refractivity contribution >= 4 is 11.7 Å². The molecule has 0 heterocycles. The molecule has 0 unspecified atom stereocenters. The predicted octanol–water partition coefficient (Wildman–Crippen LogP) is 2.23. The second-order valence-electron chi connectivity index (χ2n) is 3.64. The molecular weight excluding hydrogens is 206 g/mol. The minimum atomic E-state index is -0.422. The van der Waals surface area contributed by atoms with Crippen molar-refractivity contribution in [3.8, 4) is 5.75 Å². The Kier molecular flexibility index (Phi) is 4.17. The highest BCUT2D eigenvalue weighted by Crippen LogP contribution is 2.21. The Morgan fingerprint density at radius 3 is 2.69 bits per heavy atom. The molecule has 0 aliphatic heterocycles. The number of esters is 1. The second-order valence-corrected chi connectivity index (χ2v) is 3.64. The SMILES string of the molecule is CCOc1ccc(N)c(C(=O)OC(C)C)c1. The zero-order valence-corrected chi connectivity index (χ0v) is 9.82. The molecule has 88 valence electrons. The number of hydrogen-bond acceptors (Lipinski definition) is 4. The molecule has 16 heavy (non-hydrogen) atoms. The van der Waals surface area contributed by atoms with Gasteiger partial charge in [-0.25, -0.2) is 4.79 Å². The van der Waals surface area contributed by atoms with Crippen molar-refractivity contribution in [1.82, 2.24) is 0 Å². The van der Waals surface area contributed by atoms with Crippen LogP contribution in [-0.4, -0.2) is 18.7 Å². The topological polar surface area (TPSA) is 61.5 Å². The smallest absolute Gasteiger partial charge is 0.340 e. The maximum absolute atomic E-state index is 11.7. The van der Waals surface area contributed by atoms with E-state index in [1.54, 1.807) is 32.0 Å². The van der Waals surface area contributed by atoms with Crippen molar-refractivity contribution in [1.29, 1.82) is 0 Å². The molecule has 0 atom stereocenters. The quantitative estimate of drug-likeness (QED) is 0.628. The van der Waals surface area contributed by atoms with Crippen LogP contribution in [0.25, 0.3) is 0 Å². The molecule has 2 N–H and O–H groups in total. The Bertz CT molecular complexity index is 375. The minimum absolute atomic E-state index is 0.164. The van der Waals surface area contributed by atoms with Gasteiger partial charge in [-0.1, -0.05) is 0 Å². The van der Waals surface area contributed by atoms with E-state index >= 15 is 0 Å². The molecule has 1 aromatic rings. The average Bonchev–Trinajstić information content (AvgIpc) is 2.20. The van der Waals surface area contributed by atoms with Gasteiger partial charge < -0.3 is 15.2 Å². The Morgan fingerprint density at radius 2 is 2.12 bits per heavy atom. The monoisotopic (exact) mass is 223 g/mol. The van der Waals surface area contributed by atoms with Gasteiger partial charge >= 0.3 is 5.97 Å². The summed E-state index contributed by atoms with van der Waals surface area (Å²) in [5.74, 6) is 0.196. The van der Waals surface area contributed by atoms with Crippen LogP contribution in [0.5, 0.6) is 5.75 Å². The summed E-state index contributed by atoms with van der Waals surface area (Å²) in [5.41, 5.74) is 6.45. The van der Waals surface area contributed by atoms with Gasteiger partial charge in [0.1, 0.15) is 5.75 Å². The molecule has 0 aliphatic rings. The molecule has 4 heteroatoms. The maximum Gasteiger partial charge on any atom is 0.340 e. The van der Waals surface area contributed by atoms with Crippen LogP contribution in [0.1, 0.15) is 31.1 Å². The highest BCUT2D eigenvalue weighted by atomic mass is 16.5. The lowest BCUT2D eigenvalue weighted by Gasteiger charge is -2.11. The number of nitrogens with two attached hydrogens (primary N) is 1. The molecular formula is C12H17NO3. The predicted molar refractivity (Wildman–Crippen MR) is 62.6 cm³/mol. The largest absolute Gasteiger partial charge is 0.494 e. The molecule has 0 amide bonds. The van der Waals surface area contributed by atoms with E-state index in [0.29, 0.717) is 23.6 Å². The molecule has 0 radical (unpaired) electrons. The lowest BCUT2D eigenvalue weighted by molar-refractivity contribution is 0.0378. The first-order valence-corrected chi connectivity index (χ1v) is 5.28. The molecule has 0 spiro atoms. The van der Waals surface area contributed by atoms with Crippen LogP contribution in [-0.2, 0) is 4.74 Å². The van der Waals surface area contributed by atoms with Gasteiger partial charge in [0.25, 0.3) is 0 Å². The van der Waals surface area contributed by atoms with Gasteiger partial charge in [-0.3, -0.25) is 0 Å². The van der Waals surface area contributed by atoms with Crippen LogP contribution >= 0.6 is 0 Å². The van der Waals surface area contributed by atoms with E-state index in [1.807, 2.05) is 6.92 Å². The van der Waals surface area contributed by atoms with E-state index < -0.39 is 5.97 Å². The molecule has 4 nitrogen and oxygen atoms in total. The number of carbonyl (C=O) groups excluding carboxylic acids is 1. The van der Waals surface area contributed by atoms with E-state index in [9.17, 15) is 4.79 Å². The van der Waals surface area contributed by atoms with E-state index in [0.717, 1.165) is 0 Å². The Balaban J connectivity index is 2.93. The lowest BCUT2D eigenvalue weighted by atomic mass is 10.1. The van der Waals surface area contributed by atoms with E-state index in [1.165, 1.54) is 0 Å². The van der Waals surface area contributed by atoms with Crippen LogP contribution in [0.3, 0.4) is 0 Å². The van der Waals surface area contributed by atoms with Crippen LogP contribution < -0.4 is 10.5 Å². The number of benzene rings is 1. The van der Waals surface area contributed by atoms with Crippen LogP contribution in [0, 0.1) is 0 Å². The van der Waals surface area contributed by atoms with E-state index in [4.69, 9.17) is 15.2 Å². The Morgan fingerprint density at radius 1 is 1.44 bits per heavy atom. The third kappa shape index (κ3) is 3.15. The highest BCUT2D eigenvalue weighted by Gasteiger charge is 2.13. The molecule has 0 saturated carbocycles. The molecule has 0 aliphatic carbocycles. The summed E-state index contributed by atoms with van der Waals surface area (Å²) in [6, 6.07) is 4.97. The molecule has 0 aromatic heterocycles. The average molecular weight is 223 g/mol. The van der Waals surface area contributed by atoms with Gasteiger partial charge in [-0.15, -0.1) is 0 Å². The van der Waals surface area contributed by atoms with Crippen molar-refractivity contribution in [3.05, 3.63) is 23.8 Å². The maximum atomic E-state index is 11.7. The van der Waals surface area contributed by atoms with Gasteiger partial charge in [-0.05, 0) is 39.0 Å². The molecule has 1 rings (SSSR count). The number of rotatable bonds is 4. The second kappa shape index (κ2) is 5.39. The number of hydrogen-bond donors (Lipinski definition) is 1. The van der Waals surface area contributed by atoms with Crippen molar-refractivity contribution in [2.24, 2.45) is 0 Å². The number of anilines is 1. The molecule has 0 fully saturated rings. The zero-order chi connectivity index (χ0) is 12.1. The summed E-state index contributed by atoms with van der Waals surface area (Å²) >= 11 is 0. The van der Waals surface area contributed by atoms with Crippen LogP contribution in [0.4, 0.5) is 5.69 Å². The normalized spacial score (nSPS) is 10.2. The minimum Gasteiger partial charge on any atom is -0.494 e. The van der Waals surface area contributed by atoms with Gasteiger partial charge in [-0.2, -0.15) is 0 Å². The first-order valence-electron chi connectivity index (χ1n) is 5.28. The molecule has 0 bridgehead atoms. The van der Waals surface area contributed by atoms with Crippen molar-refractivity contribution in [2.75, 3.05) is 12.3 Å². The molecule has 1 aromatic carbocycles. The summed E-state index contributed by atoms with van der Waals surface area (Å²) in [5, 5.41) is 0. The summed E-state index contributed by atoms with van der Waals surface area (Å²) in [4.78, 5) is 11.7. The number of carbonyl (C=O) groups is 1. The Labute approximate surface area is 95.3 Å². The summed E-state index contributed by atoms with van der Waals surface area (Å²) < 4.78 is 10.4. The zero-order valence-electron chi connectivity index (χ0n) is 9.82. The summed E-state index contributed by atoms with van der Waals surface area (Å²) in [7, 11) is 0. The molecule has 0 saturated heterocycles. The van der Waals surface area contributed by atoms with Crippen molar-refractivity contribution in [2.45, 2.75) is 26.9 Å². The van der Waals surface area contributed by atoms with Gasteiger partial charge in [0, 0.05) is 5.69 Å². The fourth-order valence-electron chi connectivity index (χ4n) is 1.25. The van der Waals surface area contributed by atoms with E-state index in [-0.39, 0.29) is 6.10 Å². The fraction of sp³-hybridized carbons (Fsp3) is 0.417. The third-order valence-electron chi connectivity index (χ3n) is 1.90.